The summed E-state index contributed by atoms with van der Waals surface area (Å²) < 4.78 is 35.8. The summed E-state index contributed by atoms with van der Waals surface area (Å²) in [4.78, 5) is 5.49. The number of nitrogens with zero attached hydrogens (tertiary/aromatic N) is 1. The first-order valence-electron chi connectivity index (χ1n) is 5.48. The monoisotopic (exact) mass is 287 g/mol. The summed E-state index contributed by atoms with van der Waals surface area (Å²) in [7, 11) is -4.94. The molecule has 0 unspecified atom stereocenters. The van der Waals surface area contributed by atoms with Gasteiger partial charge in [0.15, 0.2) is 6.61 Å². The van der Waals surface area contributed by atoms with Gasteiger partial charge in [0.05, 0.1) is 5.39 Å². The Bertz CT molecular complexity index is 535. The molecular weight excluding hydrogens is 274 g/mol. The fourth-order valence-corrected chi connectivity index (χ4v) is 1.60. The van der Waals surface area contributed by atoms with Crippen molar-refractivity contribution < 1.29 is 38.4 Å². The van der Waals surface area contributed by atoms with Crippen LogP contribution in [0.3, 0.4) is 0 Å². The minimum Gasteiger partial charge on any atom is -0.271 e. The summed E-state index contributed by atoms with van der Waals surface area (Å²) in [5.74, 6) is 0. The Balaban J connectivity index is 0.000000312. The van der Waals surface area contributed by atoms with E-state index in [1.165, 1.54) is 10.9 Å². The molecule has 0 N–H and O–H groups in total. The molecule has 0 spiro atoms. The van der Waals surface area contributed by atoms with Crippen LogP contribution in [0.25, 0.3) is 10.9 Å². The summed E-state index contributed by atoms with van der Waals surface area (Å²) in [5.41, 5.74) is 2.39. The summed E-state index contributed by atoms with van der Waals surface area (Å²) in [6.07, 6.45) is 1.96. The first kappa shape index (κ1) is 15.6. The number of aromatic nitrogens is 1. The molecule has 0 saturated carbocycles. The van der Waals surface area contributed by atoms with Gasteiger partial charge in [-0.25, -0.2) is 18.6 Å². The highest BCUT2D eigenvalue weighted by molar-refractivity contribution is 5.78. The molecule has 0 aliphatic heterocycles. The van der Waals surface area contributed by atoms with E-state index in [1.807, 2.05) is 30.0 Å². The lowest BCUT2D eigenvalue weighted by Gasteiger charge is -2.17. The highest BCUT2D eigenvalue weighted by Gasteiger charge is 2.10. The standard InChI is InChI=1S/C12H14NO.ClHO4/c1-3-14-13-9-8-10(2)11-6-4-5-7-12(11)13;2-1(3,4)5/h4-9H,3H2,1-2H3;(H,2,3,4,5)/q+1;/p-1. The molecule has 0 bridgehead atoms. The topological polar surface area (TPSA) is 105 Å². The highest BCUT2D eigenvalue weighted by atomic mass is 35.7. The number of rotatable bonds is 2. The van der Waals surface area contributed by atoms with Gasteiger partial charge in [0.2, 0.25) is 6.20 Å². The van der Waals surface area contributed by atoms with Crippen LogP contribution in [0.15, 0.2) is 36.5 Å². The second kappa shape index (κ2) is 6.65. The lowest BCUT2D eigenvalue weighted by Crippen LogP contribution is -2.68. The second-order valence-corrected chi connectivity index (χ2v) is 4.39. The molecule has 0 atom stereocenters. The van der Waals surface area contributed by atoms with E-state index in [2.05, 4.69) is 25.1 Å². The van der Waals surface area contributed by atoms with Gasteiger partial charge < -0.3 is 0 Å². The maximum Gasteiger partial charge on any atom is 0.264 e. The van der Waals surface area contributed by atoms with E-state index in [1.54, 1.807) is 0 Å². The van der Waals surface area contributed by atoms with Crippen LogP contribution in [0.4, 0.5) is 0 Å². The molecule has 104 valence electrons. The number of halogens is 1. The van der Waals surface area contributed by atoms with E-state index in [0.29, 0.717) is 6.61 Å². The zero-order valence-electron chi connectivity index (χ0n) is 10.5. The Morgan fingerprint density at radius 3 is 2.26 bits per heavy atom. The highest BCUT2D eigenvalue weighted by Crippen LogP contribution is 2.12. The first-order valence-corrected chi connectivity index (χ1v) is 6.71. The van der Waals surface area contributed by atoms with Crippen LogP contribution in [0.2, 0.25) is 0 Å². The fraction of sp³-hybridized carbons (Fsp3) is 0.250. The Morgan fingerprint density at radius 2 is 1.68 bits per heavy atom. The summed E-state index contributed by atoms with van der Waals surface area (Å²) >= 11 is 0. The van der Waals surface area contributed by atoms with E-state index >= 15 is 0 Å². The third kappa shape index (κ3) is 5.37. The SMILES string of the molecule is CCO[n+]1ccc(C)c2ccccc21.[O-][Cl+3]([O-])([O-])[O-]. The zero-order chi connectivity index (χ0) is 14.5. The molecule has 0 aliphatic carbocycles. The van der Waals surface area contributed by atoms with Crippen LogP contribution in [0.1, 0.15) is 12.5 Å². The Morgan fingerprint density at radius 1 is 1.11 bits per heavy atom. The molecule has 1 aromatic heterocycles. The van der Waals surface area contributed by atoms with Crippen LogP contribution >= 0.6 is 0 Å². The quantitative estimate of drug-likeness (QED) is 0.552. The lowest BCUT2D eigenvalue weighted by atomic mass is 10.1. The van der Waals surface area contributed by atoms with Crippen LogP contribution < -0.4 is 28.2 Å². The average Bonchev–Trinajstić information content (AvgIpc) is 2.31. The second-order valence-electron chi connectivity index (χ2n) is 3.64. The molecule has 19 heavy (non-hydrogen) atoms. The van der Waals surface area contributed by atoms with Gasteiger partial charge in [0.1, 0.15) is 0 Å². The van der Waals surface area contributed by atoms with Crippen molar-refractivity contribution in [3.8, 4) is 0 Å². The predicted molar refractivity (Wildman–Crippen MR) is 56.0 cm³/mol. The lowest BCUT2D eigenvalue weighted by molar-refractivity contribution is -2.00. The molecule has 1 heterocycles. The van der Waals surface area contributed by atoms with Crippen molar-refractivity contribution in [2.24, 2.45) is 0 Å². The minimum absolute atomic E-state index is 0.678. The smallest absolute Gasteiger partial charge is 0.264 e. The van der Waals surface area contributed by atoms with Gasteiger partial charge >= 0.3 is 0 Å². The third-order valence-corrected chi connectivity index (χ3v) is 2.29. The molecule has 2 aromatic rings. The molecule has 6 nitrogen and oxygen atoms in total. The van der Waals surface area contributed by atoms with Crippen molar-refractivity contribution in [3.05, 3.63) is 42.1 Å². The van der Waals surface area contributed by atoms with Crippen molar-refractivity contribution in [1.29, 1.82) is 0 Å². The summed E-state index contributed by atoms with van der Waals surface area (Å²) in [6.45, 7) is 4.78. The number of benzene rings is 1. The maximum atomic E-state index is 8.49. The van der Waals surface area contributed by atoms with Gasteiger partial charge in [0, 0.05) is 16.9 Å². The van der Waals surface area contributed by atoms with Gasteiger partial charge in [-0.05, 0) is 25.5 Å². The largest absolute Gasteiger partial charge is 0.271 e. The van der Waals surface area contributed by atoms with Crippen molar-refractivity contribution in [1.82, 2.24) is 0 Å². The molecule has 0 fully saturated rings. The van der Waals surface area contributed by atoms with Gasteiger partial charge in [-0.2, -0.15) is 0 Å². The number of para-hydroxylation sites is 1. The first-order chi connectivity index (χ1) is 8.83. The molecule has 0 amide bonds. The molecule has 2 rings (SSSR count). The van der Waals surface area contributed by atoms with E-state index in [9.17, 15) is 0 Å². The molecule has 0 radical (unpaired) electrons. The number of aryl methyl sites for hydroxylation is 1. The average molecular weight is 288 g/mol. The van der Waals surface area contributed by atoms with Gasteiger partial charge in [0.25, 0.3) is 5.52 Å². The van der Waals surface area contributed by atoms with Crippen molar-refractivity contribution in [2.75, 3.05) is 6.61 Å². The predicted octanol–water partition coefficient (Wildman–Crippen LogP) is -2.87. The van der Waals surface area contributed by atoms with Crippen molar-refractivity contribution >= 4 is 10.9 Å². The van der Waals surface area contributed by atoms with E-state index in [-0.39, 0.29) is 0 Å². The van der Waals surface area contributed by atoms with Crippen LogP contribution in [-0.4, -0.2) is 6.61 Å². The van der Waals surface area contributed by atoms with Gasteiger partial charge in [-0.15, -0.1) is 10.2 Å². The Labute approximate surface area is 112 Å². The maximum absolute atomic E-state index is 8.49. The fourth-order valence-electron chi connectivity index (χ4n) is 1.60. The van der Waals surface area contributed by atoms with Crippen LogP contribution in [0.5, 0.6) is 0 Å². The van der Waals surface area contributed by atoms with Gasteiger partial charge in [-0.3, -0.25) is 4.84 Å². The summed E-state index contributed by atoms with van der Waals surface area (Å²) in [6, 6.07) is 10.3. The number of hydrogen-bond donors (Lipinski definition) is 0. The minimum atomic E-state index is -4.94. The molecule has 7 heteroatoms. The number of hydrogen-bond acceptors (Lipinski definition) is 5. The molecular formula is C12H14ClNO5. The Kier molecular flexibility index (Phi) is 5.46. The van der Waals surface area contributed by atoms with Gasteiger partial charge in [-0.1, -0.05) is 12.1 Å². The Hall–Kier alpha value is -1.44. The summed E-state index contributed by atoms with van der Waals surface area (Å²) in [5, 5.41) is 1.24. The van der Waals surface area contributed by atoms with Crippen LogP contribution in [0, 0.1) is 17.2 Å². The molecule has 0 saturated heterocycles. The number of fused-ring (bicyclic) bond motifs is 1. The normalized spacial score (nSPS) is 10.8. The van der Waals surface area contributed by atoms with E-state index in [0.717, 1.165) is 5.52 Å². The third-order valence-electron chi connectivity index (χ3n) is 2.29. The van der Waals surface area contributed by atoms with Crippen molar-refractivity contribution in [3.63, 3.8) is 0 Å². The zero-order valence-corrected chi connectivity index (χ0v) is 11.3. The van der Waals surface area contributed by atoms with E-state index < -0.39 is 10.2 Å². The van der Waals surface area contributed by atoms with Crippen molar-refractivity contribution in [2.45, 2.75) is 13.8 Å². The van der Waals surface area contributed by atoms with Crippen LogP contribution in [-0.2, 0) is 0 Å². The number of pyridine rings is 1. The molecule has 0 aliphatic rings. The van der Waals surface area contributed by atoms with E-state index in [4.69, 9.17) is 23.5 Å². The molecule has 1 aromatic carbocycles.